The van der Waals surface area contributed by atoms with E-state index in [0.717, 1.165) is 36.4 Å². The summed E-state index contributed by atoms with van der Waals surface area (Å²) < 4.78 is 20.2. The topological polar surface area (TPSA) is 122 Å². The second kappa shape index (κ2) is 11.5. The smallest absolute Gasteiger partial charge is 0.335 e. The van der Waals surface area contributed by atoms with Gasteiger partial charge in [-0.15, -0.1) is 0 Å². The predicted octanol–water partition coefficient (Wildman–Crippen LogP) is 3.28. The van der Waals surface area contributed by atoms with Crippen LogP contribution in [0.5, 0.6) is 23.0 Å². The van der Waals surface area contributed by atoms with Gasteiger partial charge in [-0.05, 0) is 24.3 Å². The lowest BCUT2D eigenvalue weighted by Gasteiger charge is -2.13. The minimum atomic E-state index is -0.883. The van der Waals surface area contributed by atoms with Crippen molar-refractivity contribution in [3.63, 3.8) is 0 Å². The van der Waals surface area contributed by atoms with E-state index in [2.05, 4.69) is 26.3 Å². The summed E-state index contributed by atoms with van der Waals surface area (Å²) in [7, 11) is 0. The van der Waals surface area contributed by atoms with Crippen molar-refractivity contribution in [1.82, 2.24) is 0 Å². The van der Waals surface area contributed by atoms with Gasteiger partial charge in [0, 0.05) is 36.4 Å². The standard InChI is InChI=1S/C25H18O9/c1-5-21(26)31-15-9-11-17(19(13-15)33-23(28)7-3)25(30)18-12-10-16(32-22(27)6-2)14-20(18)34-24(29)8-4/h5-14H,1-4H2. The zero-order valence-corrected chi connectivity index (χ0v) is 17.8. The van der Waals surface area contributed by atoms with Crippen molar-refractivity contribution in [3.05, 3.63) is 98.1 Å². The molecule has 0 aliphatic carbocycles. The summed E-state index contributed by atoms with van der Waals surface area (Å²) in [6, 6.07) is 7.34. The number of esters is 4. The van der Waals surface area contributed by atoms with Gasteiger partial charge < -0.3 is 18.9 Å². The molecule has 0 bridgehead atoms. The van der Waals surface area contributed by atoms with Crippen LogP contribution in [0.2, 0.25) is 0 Å². The molecule has 2 aromatic rings. The summed E-state index contributed by atoms with van der Waals surface area (Å²) in [6.07, 6.45) is 3.60. The molecule has 2 rings (SSSR count). The van der Waals surface area contributed by atoms with Crippen LogP contribution < -0.4 is 18.9 Å². The minimum Gasteiger partial charge on any atom is -0.423 e. The largest absolute Gasteiger partial charge is 0.423 e. The maximum absolute atomic E-state index is 13.3. The van der Waals surface area contributed by atoms with Crippen LogP contribution in [0.15, 0.2) is 87.0 Å². The summed E-state index contributed by atoms with van der Waals surface area (Å²) in [5, 5.41) is 0. The number of carbonyl (C=O) groups is 5. The molecule has 0 amide bonds. The molecule has 0 aliphatic heterocycles. The van der Waals surface area contributed by atoms with E-state index < -0.39 is 29.7 Å². The van der Waals surface area contributed by atoms with Crippen LogP contribution in [-0.2, 0) is 19.2 Å². The highest BCUT2D eigenvalue weighted by Gasteiger charge is 2.23. The number of benzene rings is 2. The van der Waals surface area contributed by atoms with Crippen LogP contribution in [0.3, 0.4) is 0 Å². The van der Waals surface area contributed by atoms with Crippen LogP contribution in [0, 0.1) is 0 Å². The molecular weight excluding hydrogens is 444 g/mol. The Labute approximate surface area is 194 Å². The number of carbonyl (C=O) groups excluding carboxylic acids is 5. The maximum atomic E-state index is 13.3. The molecule has 0 fully saturated rings. The minimum absolute atomic E-state index is 0.0293. The third-order valence-electron chi connectivity index (χ3n) is 3.92. The van der Waals surface area contributed by atoms with Gasteiger partial charge in [-0.3, -0.25) is 4.79 Å². The Bertz CT molecular complexity index is 1130. The Morgan fingerprint density at radius 3 is 1.18 bits per heavy atom. The Hall–Kier alpha value is -5.05. The number of ether oxygens (including phenoxy) is 4. The average molecular weight is 462 g/mol. The van der Waals surface area contributed by atoms with Gasteiger partial charge in [0.05, 0.1) is 11.1 Å². The second-order valence-corrected chi connectivity index (χ2v) is 6.15. The fraction of sp³-hybridized carbons (Fsp3) is 0. The number of rotatable bonds is 10. The van der Waals surface area contributed by atoms with E-state index in [9.17, 15) is 24.0 Å². The van der Waals surface area contributed by atoms with Gasteiger partial charge in [-0.25, -0.2) is 19.2 Å². The molecule has 0 spiro atoms. The molecule has 0 saturated carbocycles. The average Bonchev–Trinajstić information content (AvgIpc) is 2.83. The van der Waals surface area contributed by atoms with Crippen LogP contribution >= 0.6 is 0 Å². The second-order valence-electron chi connectivity index (χ2n) is 6.15. The fourth-order valence-corrected chi connectivity index (χ4v) is 2.44. The first-order chi connectivity index (χ1) is 16.2. The molecule has 0 heterocycles. The SMILES string of the molecule is C=CC(=O)Oc1ccc(C(=O)c2ccc(OC(=O)C=C)cc2OC(=O)C=C)c(OC(=O)C=C)c1. The highest BCUT2D eigenvalue weighted by molar-refractivity contribution is 6.13. The first-order valence-corrected chi connectivity index (χ1v) is 9.42. The molecule has 0 radical (unpaired) electrons. The van der Waals surface area contributed by atoms with Crippen LogP contribution in [0.4, 0.5) is 0 Å². The molecule has 0 aliphatic rings. The van der Waals surface area contributed by atoms with Crippen LogP contribution in [-0.4, -0.2) is 29.7 Å². The van der Waals surface area contributed by atoms with E-state index in [4.69, 9.17) is 18.9 Å². The molecule has 0 saturated heterocycles. The van der Waals surface area contributed by atoms with Gasteiger partial charge in [0.15, 0.2) is 0 Å². The van der Waals surface area contributed by atoms with E-state index in [0.29, 0.717) is 0 Å². The summed E-state index contributed by atoms with van der Waals surface area (Å²) in [4.78, 5) is 59.9. The van der Waals surface area contributed by atoms with Gasteiger partial charge in [-0.2, -0.15) is 0 Å². The van der Waals surface area contributed by atoms with Gasteiger partial charge in [0.1, 0.15) is 23.0 Å². The molecule has 2 aromatic carbocycles. The van der Waals surface area contributed by atoms with E-state index in [-0.39, 0.29) is 34.1 Å². The number of hydrogen-bond acceptors (Lipinski definition) is 9. The quantitative estimate of drug-likeness (QED) is 0.226. The lowest BCUT2D eigenvalue weighted by atomic mass is 10.0. The first kappa shape index (κ1) is 25.2. The molecule has 9 nitrogen and oxygen atoms in total. The predicted molar refractivity (Wildman–Crippen MR) is 120 cm³/mol. The van der Waals surface area contributed by atoms with Crippen molar-refractivity contribution in [1.29, 1.82) is 0 Å². The van der Waals surface area contributed by atoms with E-state index in [1.165, 1.54) is 24.3 Å². The Balaban J connectivity index is 2.58. The lowest BCUT2D eigenvalue weighted by molar-refractivity contribution is -0.130. The molecule has 0 unspecified atom stereocenters. The monoisotopic (exact) mass is 462 g/mol. The van der Waals surface area contributed by atoms with Gasteiger partial charge in [0.25, 0.3) is 0 Å². The lowest BCUT2D eigenvalue weighted by Crippen LogP contribution is -2.13. The molecular formula is C25H18O9. The number of hydrogen-bond donors (Lipinski definition) is 0. The zero-order chi connectivity index (χ0) is 25.3. The van der Waals surface area contributed by atoms with Crippen molar-refractivity contribution >= 4 is 29.7 Å². The molecule has 0 atom stereocenters. The Kier molecular flexibility index (Phi) is 8.55. The Morgan fingerprint density at radius 1 is 0.529 bits per heavy atom. The highest BCUT2D eigenvalue weighted by Crippen LogP contribution is 2.32. The van der Waals surface area contributed by atoms with Crippen LogP contribution in [0.25, 0.3) is 0 Å². The molecule has 0 aromatic heterocycles. The van der Waals surface area contributed by atoms with E-state index in [1.807, 2.05) is 0 Å². The maximum Gasteiger partial charge on any atom is 0.335 e. The number of ketones is 1. The first-order valence-electron chi connectivity index (χ1n) is 9.42. The van der Waals surface area contributed by atoms with Crippen molar-refractivity contribution in [2.75, 3.05) is 0 Å². The molecule has 0 N–H and O–H groups in total. The highest BCUT2D eigenvalue weighted by atomic mass is 16.6. The van der Waals surface area contributed by atoms with Crippen molar-refractivity contribution in [3.8, 4) is 23.0 Å². The van der Waals surface area contributed by atoms with Crippen molar-refractivity contribution in [2.45, 2.75) is 0 Å². The summed E-state index contributed by atoms with van der Waals surface area (Å²) >= 11 is 0. The normalized spacial score (nSPS) is 9.65. The molecule has 34 heavy (non-hydrogen) atoms. The van der Waals surface area contributed by atoms with Gasteiger partial charge in [0.2, 0.25) is 5.78 Å². The fourth-order valence-electron chi connectivity index (χ4n) is 2.44. The van der Waals surface area contributed by atoms with Crippen molar-refractivity contribution in [2.24, 2.45) is 0 Å². The molecule has 172 valence electrons. The van der Waals surface area contributed by atoms with Crippen molar-refractivity contribution < 1.29 is 42.9 Å². The van der Waals surface area contributed by atoms with Gasteiger partial charge in [-0.1, -0.05) is 26.3 Å². The third-order valence-corrected chi connectivity index (χ3v) is 3.92. The summed E-state index contributed by atoms with van der Waals surface area (Å²) in [6.45, 7) is 13.2. The Morgan fingerprint density at radius 2 is 0.853 bits per heavy atom. The third kappa shape index (κ3) is 6.47. The summed E-state index contributed by atoms with van der Waals surface area (Å²) in [5.74, 6) is -4.62. The summed E-state index contributed by atoms with van der Waals surface area (Å²) in [5.41, 5.74) is -0.277. The molecule has 9 heteroatoms. The zero-order valence-electron chi connectivity index (χ0n) is 17.8. The van der Waals surface area contributed by atoms with Crippen LogP contribution in [0.1, 0.15) is 15.9 Å². The van der Waals surface area contributed by atoms with E-state index in [1.54, 1.807) is 0 Å². The van der Waals surface area contributed by atoms with E-state index >= 15 is 0 Å². The van der Waals surface area contributed by atoms with Gasteiger partial charge >= 0.3 is 23.9 Å².